The molecular weight excluding hydrogens is 300 g/mol. The molecule has 0 aliphatic carbocycles. The van der Waals surface area contributed by atoms with Crippen molar-refractivity contribution in [2.45, 2.75) is 31.7 Å². The molecule has 0 bridgehead atoms. The normalized spacial score (nSPS) is 11.9. The smallest absolute Gasteiger partial charge is 0.243 e. The van der Waals surface area contributed by atoms with Gasteiger partial charge >= 0.3 is 0 Å². The van der Waals surface area contributed by atoms with Crippen molar-refractivity contribution in [1.82, 2.24) is 9.62 Å². The van der Waals surface area contributed by atoms with Gasteiger partial charge in [-0.05, 0) is 38.1 Å². The van der Waals surface area contributed by atoms with Gasteiger partial charge in [0.2, 0.25) is 15.9 Å². The topological polar surface area (TPSA) is 66.5 Å². The third-order valence-corrected chi connectivity index (χ3v) is 4.76. The second kappa shape index (κ2) is 7.06. The Kier molecular flexibility index (Phi) is 5.98. The number of nitrogens with one attached hydrogen (secondary N) is 1. The Morgan fingerprint density at radius 1 is 1.30 bits per heavy atom. The lowest BCUT2D eigenvalue weighted by Gasteiger charge is -2.20. The Morgan fingerprint density at radius 2 is 1.85 bits per heavy atom. The number of hydrogen-bond acceptors (Lipinski definition) is 3. The SMILES string of the molecule is CCN(CC(=O)NC(C)C)S(=O)(=O)c1ccc(Cl)cc1. The number of rotatable bonds is 6. The maximum Gasteiger partial charge on any atom is 0.243 e. The largest absolute Gasteiger partial charge is 0.353 e. The summed E-state index contributed by atoms with van der Waals surface area (Å²) >= 11 is 5.74. The Balaban J connectivity index is 2.92. The molecule has 0 atom stereocenters. The zero-order valence-corrected chi connectivity index (χ0v) is 13.3. The van der Waals surface area contributed by atoms with Crippen LogP contribution in [0, 0.1) is 0 Å². The van der Waals surface area contributed by atoms with Crippen molar-refractivity contribution in [3.05, 3.63) is 29.3 Å². The van der Waals surface area contributed by atoms with E-state index in [4.69, 9.17) is 11.6 Å². The zero-order chi connectivity index (χ0) is 15.3. The second-order valence-electron chi connectivity index (χ2n) is 4.61. The predicted octanol–water partition coefficient (Wildman–Crippen LogP) is 1.88. The number of nitrogens with zero attached hydrogens (tertiary/aromatic N) is 1. The van der Waals surface area contributed by atoms with Crippen LogP contribution in [0.25, 0.3) is 0 Å². The molecule has 1 aromatic rings. The van der Waals surface area contributed by atoms with E-state index in [2.05, 4.69) is 5.32 Å². The highest BCUT2D eigenvalue weighted by Crippen LogP contribution is 2.18. The van der Waals surface area contributed by atoms with Gasteiger partial charge in [0.05, 0.1) is 11.4 Å². The fourth-order valence-corrected chi connectivity index (χ4v) is 3.18. The Hall–Kier alpha value is -1.11. The molecule has 0 unspecified atom stereocenters. The van der Waals surface area contributed by atoms with Crippen molar-refractivity contribution < 1.29 is 13.2 Å². The molecule has 1 aromatic carbocycles. The summed E-state index contributed by atoms with van der Waals surface area (Å²) in [4.78, 5) is 11.8. The van der Waals surface area contributed by atoms with Gasteiger partial charge in [-0.25, -0.2) is 8.42 Å². The second-order valence-corrected chi connectivity index (χ2v) is 6.98. The summed E-state index contributed by atoms with van der Waals surface area (Å²) in [5, 5.41) is 3.14. The molecule has 112 valence electrons. The van der Waals surface area contributed by atoms with E-state index in [1.165, 1.54) is 24.3 Å². The standard InChI is InChI=1S/C13H19ClN2O3S/c1-4-16(9-13(17)15-10(2)3)20(18,19)12-7-5-11(14)6-8-12/h5-8,10H,4,9H2,1-3H3,(H,15,17). The number of hydrogen-bond donors (Lipinski definition) is 1. The maximum atomic E-state index is 12.4. The first-order valence-electron chi connectivity index (χ1n) is 6.32. The molecule has 0 fully saturated rings. The van der Waals surface area contributed by atoms with E-state index in [9.17, 15) is 13.2 Å². The molecule has 0 aliphatic rings. The lowest BCUT2D eigenvalue weighted by Crippen LogP contribution is -2.42. The Labute approximate surface area is 125 Å². The predicted molar refractivity (Wildman–Crippen MR) is 79.2 cm³/mol. The molecule has 5 nitrogen and oxygen atoms in total. The molecule has 1 N–H and O–H groups in total. The van der Waals surface area contributed by atoms with Crippen LogP contribution >= 0.6 is 11.6 Å². The average Bonchev–Trinajstić information content (AvgIpc) is 2.35. The van der Waals surface area contributed by atoms with Crippen LogP contribution in [0.15, 0.2) is 29.2 Å². The molecule has 0 saturated heterocycles. The van der Waals surface area contributed by atoms with Crippen LogP contribution in [-0.4, -0.2) is 37.8 Å². The average molecular weight is 319 g/mol. The molecule has 20 heavy (non-hydrogen) atoms. The van der Waals surface area contributed by atoms with E-state index < -0.39 is 10.0 Å². The van der Waals surface area contributed by atoms with Crippen molar-refractivity contribution in [3.63, 3.8) is 0 Å². The molecule has 0 spiro atoms. The highest BCUT2D eigenvalue weighted by molar-refractivity contribution is 7.89. The van der Waals surface area contributed by atoms with Crippen LogP contribution in [-0.2, 0) is 14.8 Å². The van der Waals surface area contributed by atoms with Crippen LogP contribution < -0.4 is 5.32 Å². The van der Waals surface area contributed by atoms with Gasteiger partial charge < -0.3 is 5.32 Å². The highest BCUT2D eigenvalue weighted by Gasteiger charge is 2.25. The number of amides is 1. The fraction of sp³-hybridized carbons (Fsp3) is 0.462. The van der Waals surface area contributed by atoms with Gasteiger partial charge in [-0.15, -0.1) is 0 Å². The third-order valence-electron chi connectivity index (χ3n) is 2.57. The maximum absolute atomic E-state index is 12.4. The van der Waals surface area contributed by atoms with E-state index in [1.54, 1.807) is 6.92 Å². The van der Waals surface area contributed by atoms with Gasteiger partial charge in [-0.1, -0.05) is 18.5 Å². The van der Waals surface area contributed by atoms with E-state index in [-0.39, 0.29) is 29.9 Å². The Bertz CT molecular complexity index is 555. The highest BCUT2D eigenvalue weighted by atomic mass is 35.5. The molecule has 0 radical (unpaired) electrons. The lowest BCUT2D eigenvalue weighted by molar-refractivity contribution is -0.121. The summed E-state index contributed by atoms with van der Waals surface area (Å²) in [6.07, 6.45) is 0. The van der Waals surface area contributed by atoms with E-state index in [1.807, 2.05) is 13.8 Å². The summed E-state index contributed by atoms with van der Waals surface area (Å²) in [5.74, 6) is -0.320. The molecule has 7 heteroatoms. The molecule has 0 aromatic heterocycles. The number of carbonyl (C=O) groups excluding carboxylic acids is 1. The van der Waals surface area contributed by atoms with Crippen LogP contribution in [0.3, 0.4) is 0 Å². The van der Waals surface area contributed by atoms with Crippen LogP contribution in [0.2, 0.25) is 5.02 Å². The minimum absolute atomic E-state index is 0.0283. The van der Waals surface area contributed by atoms with Gasteiger partial charge in [0.15, 0.2) is 0 Å². The van der Waals surface area contributed by atoms with Gasteiger partial charge in [0.1, 0.15) is 0 Å². The van der Waals surface area contributed by atoms with Crippen molar-refractivity contribution in [1.29, 1.82) is 0 Å². The quantitative estimate of drug-likeness (QED) is 0.871. The minimum atomic E-state index is -3.68. The third kappa shape index (κ3) is 4.47. The molecule has 0 aliphatic heterocycles. The zero-order valence-electron chi connectivity index (χ0n) is 11.8. The number of benzene rings is 1. The lowest BCUT2D eigenvalue weighted by atomic mass is 10.4. The summed E-state index contributed by atoms with van der Waals surface area (Å²) in [7, 11) is -3.68. The van der Waals surface area contributed by atoms with Gasteiger partial charge in [0.25, 0.3) is 0 Å². The Morgan fingerprint density at radius 3 is 2.30 bits per heavy atom. The van der Waals surface area contributed by atoms with E-state index in [0.29, 0.717) is 5.02 Å². The molecular formula is C13H19ClN2O3S. The summed E-state index contributed by atoms with van der Waals surface area (Å²) in [5.41, 5.74) is 0. The first kappa shape index (κ1) is 16.9. The van der Waals surface area contributed by atoms with E-state index >= 15 is 0 Å². The number of sulfonamides is 1. The summed E-state index contributed by atoms with van der Waals surface area (Å²) in [6.45, 7) is 5.36. The molecule has 1 amide bonds. The van der Waals surface area contributed by atoms with Crippen molar-refractivity contribution >= 4 is 27.5 Å². The van der Waals surface area contributed by atoms with Crippen molar-refractivity contribution in [3.8, 4) is 0 Å². The van der Waals surface area contributed by atoms with Crippen LogP contribution in [0.5, 0.6) is 0 Å². The monoisotopic (exact) mass is 318 g/mol. The minimum Gasteiger partial charge on any atom is -0.353 e. The molecule has 1 rings (SSSR count). The first-order chi connectivity index (χ1) is 9.27. The number of halogens is 1. The fourth-order valence-electron chi connectivity index (χ4n) is 1.65. The van der Waals surface area contributed by atoms with Crippen LogP contribution in [0.1, 0.15) is 20.8 Å². The first-order valence-corrected chi connectivity index (χ1v) is 8.14. The molecule has 0 heterocycles. The van der Waals surface area contributed by atoms with E-state index in [0.717, 1.165) is 4.31 Å². The number of carbonyl (C=O) groups is 1. The van der Waals surface area contributed by atoms with Crippen molar-refractivity contribution in [2.75, 3.05) is 13.1 Å². The summed E-state index contributed by atoms with van der Waals surface area (Å²) in [6, 6.07) is 5.85. The van der Waals surface area contributed by atoms with Crippen molar-refractivity contribution in [2.24, 2.45) is 0 Å². The van der Waals surface area contributed by atoms with Gasteiger partial charge in [-0.3, -0.25) is 4.79 Å². The number of likely N-dealkylation sites (N-methyl/N-ethyl adjacent to an activating group) is 1. The molecule has 0 saturated carbocycles. The van der Waals surface area contributed by atoms with Gasteiger partial charge in [0, 0.05) is 17.6 Å². The summed E-state index contributed by atoms with van der Waals surface area (Å²) < 4.78 is 25.9. The van der Waals surface area contributed by atoms with Gasteiger partial charge in [-0.2, -0.15) is 4.31 Å². The van der Waals surface area contributed by atoms with Crippen LogP contribution in [0.4, 0.5) is 0 Å².